The topological polar surface area (TPSA) is 77.2 Å². The second kappa shape index (κ2) is 6.84. The average molecular weight is 363 g/mol. The minimum absolute atomic E-state index is 0.153. The molecule has 1 saturated heterocycles. The van der Waals surface area contributed by atoms with E-state index in [4.69, 9.17) is 11.6 Å². The average Bonchev–Trinajstić information content (AvgIpc) is 3.12. The summed E-state index contributed by atoms with van der Waals surface area (Å²) in [6.07, 6.45) is 1.81. The summed E-state index contributed by atoms with van der Waals surface area (Å²) in [4.78, 5) is 39.4. The van der Waals surface area contributed by atoms with Crippen LogP contribution in [-0.4, -0.2) is 38.2 Å². The first kappa shape index (κ1) is 17.4. The van der Waals surface area contributed by atoms with Crippen LogP contribution < -0.4 is 11.2 Å². The minimum Gasteiger partial charge on any atom is -0.337 e. The van der Waals surface area contributed by atoms with Gasteiger partial charge < -0.3 is 4.90 Å². The van der Waals surface area contributed by atoms with E-state index in [1.807, 2.05) is 6.92 Å². The molecule has 0 N–H and O–H groups in total. The lowest BCUT2D eigenvalue weighted by molar-refractivity contribution is 0.0781. The van der Waals surface area contributed by atoms with Crippen molar-refractivity contribution in [1.29, 1.82) is 0 Å². The fraction of sp³-hybridized carbons (Fsp3) is 0.412. The maximum absolute atomic E-state index is 12.7. The molecule has 1 aromatic heterocycles. The standard InChI is InChI=1S/C17H19ClN4O3/c1-3-21-16(24)14(15(23)20-8-4-5-9-20)19-22(17(21)25)12-7-6-11(2)13(18)10-12/h6-7,10H,3-5,8-9H2,1-2H3. The van der Waals surface area contributed by atoms with Gasteiger partial charge in [-0.2, -0.15) is 9.78 Å². The van der Waals surface area contributed by atoms with Crippen LogP contribution in [0.1, 0.15) is 35.8 Å². The van der Waals surface area contributed by atoms with Crippen molar-refractivity contribution >= 4 is 17.5 Å². The first-order chi connectivity index (χ1) is 11.9. The molecule has 132 valence electrons. The van der Waals surface area contributed by atoms with E-state index >= 15 is 0 Å². The van der Waals surface area contributed by atoms with Crippen LogP contribution in [0.15, 0.2) is 27.8 Å². The van der Waals surface area contributed by atoms with Gasteiger partial charge in [0.2, 0.25) is 5.69 Å². The van der Waals surface area contributed by atoms with Crippen LogP contribution in [0.2, 0.25) is 5.02 Å². The summed E-state index contributed by atoms with van der Waals surface area (Å²) in [5.41, 5.74) is -0.210. The van der Waals surface area contributed by atoms with Crippen molar-refractivity contribution in [3.63, 3.8) is 0 Å². The van der Waals surface area contributed by atoms with Gasteiger partial charge in [0.1, 0.15) is 0 Å². The molecule has 0 aliphatic carbocycles. The predicted octanol–water partition coefficient (Wildman–Crippen LogP) is 1.61. The van der Waals surface area contributed by atoms with Crippen LogP contribution in [0.4, 0.5) is 0 Å². The van der Waals surface area contributed by atoms with Crippen LogP contribution in [-0.2, 0) is 6.54 Å². The summed E-state index contributed by atoms with van der Waals surface area (Å²) in [5, 5.41) is 4.57. The van der Waals surface area contributed by atoms with Gasteiger partial charge >= 0.3 is 5.69 Å². The summed E-state index contributed by atoms with van der Waals surface area (Å²) in [7, 11) is 0. The third kappa shape index (κ3) is 3.11. The molecule has 1 amide bonds. The third-order valence-electron chi connectivity index (χ3n) is 4.37. The van der Waals surface area contributed by atoms with Crippen molar-refractivity contribution < 1.29 is 4.79 Å². The Morgan fingerprint density at radius 3 is 2.52 bits per heavy atom. The van der Waals surface area contributed by atoms with E-state index in [-0.39, 0.29) is 12.2 Å². The molecule has 1 fully saturated rings. The van der Waals surface area contributed by atoms with Gasteiger partial charge in [0.15, 0.2) is 0 Å². The zero-order chi connectivity index (χ0) is 18.1. The Balaban J connectivity index is 2.20. The molecular weight excluding hydrogens is 344 g/mol. The number of carbonyl (C=O) groups is 1. The fourth-order valence-corrected chi connectivity index (χ4v) is 3.05. The van der Waals surface area contributed by atoms with Crippen LogP contribution in [0.5, 0.6) is 0 Å². The van der Waals surface area contributed by atoms with Gasteiger partial charge in [0, 0.05) is 24.7 Å². The molecule has 2 aromatic rings. The van der Waals surface area contributed by atoms with E-state index in [1.165, 1.54) is 0 Å². The lowest BCUT2D eigenvalue weighted by atomic mass is 10.2. The Hall–Kier alpha value is -2.41. The smallest absolute Gasteiger partial charge is 0.337 e. The van der Waals surface area contributed by atoms with Crippen molar-refractivity contribution in [1.82, 2.24) is 19.2 Å². The van der Waals surface area contributed by atoms with E-state index < -0.39 is 17.2 Å². The Morgan fingerprint density at radius 2 is 1.92 bits per heavy atom. The number of carbonyl (C=O) groups excluding carboxylic acids is 1. The molecular formula is C17H19ClN4O3. The van der Waals surface area contributed by atoms with Gasteiger partial charge in [0.25, 0.3) is 11.5 Å². The molecule has 25 heavy (non-hydrogen) atoms. The predicted molar refractivity (Wildman–Crippen MR) is 94.7 cm³/mol. The van der Waals surface area contributed by atoms with Gasteiger partial charge in [-0.3, -0.25) is 14.2 Å². The molecule has 0 saturated carbocycles. The lowest BCUT2D eigenvalue weighted by Gasteiger charge is -2.16. The summed E-state index contributed by atoms with van der Waals surface area (Å²) in [6.45, 7) is 4.88. The number of aromatic nitrogens is 3. The molecule has 1 aliphatic heterocycles. The molecule has 2 heterocycles. The number of nitrogens with zero attached hydrogens (tertiary/aromatic N) is 4. The highest BCUT2D eigenvalue weighted by atomic mass is 35.5. The van der Waals surface area contributed by atoms with Gasteiger partial charge in [-0.05, 0) is 44.4 Å². The number of likely N-dealkylation sites (tertiary alicyclic amines) is 1. The van der Waals surface area contributed by atoms with E-state index in [2.05, 4.69) is 5.10 Å². The third-order valence-corrected chi connectivity index (χ3v) is 4.78. The summed E-state index contributed by atoms with van der Waals surface area (Å²) in [6, 6.07) is 5.04. The second-order valence-corrected chi connectivity index (χ2v) is 6.43. The van der Waals surface area contributed by atoms with Crippen molar-refractivity contribution in [2.45, 2.75) is 33.2 Å². The Kier molecular flexibility index (Phi) is 4.76. The van der Waals surface area contributed by atoms with E-state index in [0.717, 1.165) is 27.7 Å². The largest absolute Gasteiger partial charge is 0.352 e. The van der Waals surface area contributed by atoms with Crippen molar-refractivity contribution in [3.8, 4) is 5.69 Å². The van der Waals surface area contributed by atoms with Crippen LogP contribution in [0.25, 0.3) is 5.69 Å². The molecule has 0 spiro atoms. The van der Waals surface area contributed by atoms with Crippen LogP contribution in [0, 0.1) is 6.92 Å². The zero-order valence-corrected chi connectivity index (χ0v) is 14.9. The minimum atomic E-state index is -0.654. The number of amides is 1. The first-order valence-electron chi connectivity index (χ1n) is 8.24. The van der Waals surface area contributed by atoms with Crippen molar-refractivity contribution in [2.24, 2.45) is 0 Å². The summed E-state index contributed by atoms with van der Waals surface area (Å²) < 4.78 is 2.09. The number of hydrogen-bond acceptors (Lipinski definition) is 4. The molecule has 3 rings (SSSR count). The quantitative estimate of drug-likeness (QED) is 0.831. The van der Waals surface area contributed by atoms with E-state index in [1.54, 1.807) is 30.0 Å². The molecule has 8 heteroatoms. The van der Waals surface area contributed by atoms with Gasteiger partial charge in [-0.15, -0.1) is 0 Å². The number of hydrogen-bond donors (Lipinski definition) is 0. The number of benzene rings is 1. The number of aryl methyl sites for hydroxylation is 1. The number of halogens is 1. The molecule has 1 aromatic carbocycles. The lowest BCUT2D eigenvalue weighted by Crippen LogP contribution is -2.46. The Labute approximate surface area is 149 Å². The van der Waals surface area contributed by atoms with Crippen molar-refractivity contribution in [3.05, 3.63) is 55.3 Å². The Bertz CT molecular complexity index is 942. The van der Waals surface area contributed by atoms with E-state index in [9.17, 15) is 14.4 Å². The Morgan fingerprint density at radius 1 is 1.24 bits per heavy atom. The second-order valence-electron chi connectivity index (χ2n) is 6.03. The first-order valence-corrected chi connectivity index (χ1v) is 8.61. The molecule has 7 nitrogen and oxygen atoms in total. The summed E-state index contributed by atoms with van der Waals surface area (Å²) in [5.74, 6) is -0.434. The number of rotatable bonds is 3. The van der Waals surface area contributed by atoms with Crippen LogP contribution >= 0.6 is 11.6 Å². The van der Waals surface area contributed by atoms with Gasteiger partial charge in [-0.25, -0.2) is 4.79 Å². The monoisotopic (exact) mass is 362 g/mol. The highest BCUT2D eigenvalue weighted by Gasteiger charge is 2.26. The van der Waals surface area contributed by atoms with Crippen molar-refractivity contribution in [2.75, 3.05) is 13.1 Å². The molecule has 1 aliphatic rings. The molecule has 0 radical (unpaired) electrons. The van der Waals surface area contributed by atoms with Gasteiger partial charge in [-0.1, -0.05) is 17.7 Å². The maximum atomic E-state index is 12.7. The SMILES string of the molecule is CCn1c(=O)c(C(=O)N2CCCC2)nn(-c2ccc(C)c(Cl)c2)c1=O. The van der Waals surface area contributed by atoms with E-state index in [0.29, 0.717) is 23.8 Å². The summed E-state index contributed by atoms with van der Waals surface area (Å²) >= 11 is 6.14. The molecule has 0 unspecified atom stereocenters. The molecule has 0 bridgehead atoms. The maximum Gasteiger partial charge on any atom is 0.352 e. The zero-order valence-electron chi connectivity index (χ0n) is 14.2. The fourth-order valence-electron chi connectivity index (χ4n) is 2.88. The van der Waals surface area contributed by atoms with Crippen LogP contribution in [0.3, 0.4) is 0 Å². The molecule has 0 atom stereocenters. The van der Waals surface area contributed by atoms with Gasteiger partial charge in [0.05, 0.1) is 5.69 Å². The highest BCUT2D eigenvalue weighted by Crippen LogP contribution is 2.18. The normalized spacial score (nSPS) is 14.1. The highest BCUT2D eigenvalue weighted by molar-refractivity contribution is 6.31.